The smallest absolute Gasteiger partial charge is 0.0994 e. The van der Waals surface area contributed by atoms with Crippen molar-refractivity contribution in [3.63, 3.8) is 0 Å². The van der Waals surface area contributed by atoms with E-state index in [1.54, 1.807) is 0 Å². The Morgan fingerprint density at radius 1 is 1.41 bits per heavy atom. The molecule has 2 nitrogen and oxygen atoms in total. The lowest BCUT2D eigenvalue weighted by Gasteiger charge is -2.18. The zero-order valence-corrected chi connectivity index (χ0v) is 12.0. The molecule has 1 aromatic rings. The fourth-order valence-corrected chi connectivity index (χ4v) is 2.57. The van der Waals surface area contributed by atoms with Gasteiger partial charge in [-0.05, 0) is 30.9 Å². The van der Waals surface area contributed by atoms with E-state index in [9.17, 15) is 0 Å². The quantitative estimate of drug-likeness (QED) is 0.827. The van der Waals surface area contributed by atoms with Crippen LogP contribution in [0.15, 0.2) is 17.3 Å². The van der Waals surface area contributed by atoms with Crippen molar-refractivity contribution in [1.82, 2.24) is 10.3 Å². The molecule has 3 heteroatoms. The van der Waals surface area contributed by atoms with Crippen molar-refractivity contribution in [3.8, 4) is 0 Å². The minimum absolute atomic E-state index is 0.228. The van der Waals surface area contributed by atoms with Crippen LogP contribution in [0.1, 0.15) is 44.7 Å². The molecule has 0 aliphatic heterocycles. The summed E-state index contributed by atoms with van der Waals surface area (Å²) in [5.74, 6) is 0. The summed E-state index contributed by atoms with van der Waals surface area (Å²) in [6.45, 7) is 9.78. The van der Waals surface area contributed by atoms with Crippen LogP contribution in [0.2, 0.25) is 0 Å². The molecule has 0 saturated heterocycles. The van der Waals surface area contributed by atoms with Gasteiger partial charge in [-0.3, -0.25) is 0 Å². The first-order chi connectivity index (χ1) is 7.94. The molecule has 1 aliphatic carbocycles. The Labute approximate surface area is 109 Å². The number of aryl methyl sites for hydroxylation is 1. The van der Waals surface area contributed by atoms with Crippen LogP contribution in [0.3, 0.4) is 0 Å². The summed E-state index contributed by atoms with van der Waals surface area (Å²) in [5, 5.41) is 4.68. The van der Waals surface area contributed by atoms with E-state index >= 15 is 0 Å². The van der Waals surface area contributed by atoms with E-state index < -0.39 is 0 Å². The molecule has 1 aromatic heterocycles. The predicted octanol–water partition coefficient (Wildman–Crippen LogP) is 3.53. The van der Waals surface area contributed by atoms with E-state index in [1.807, 2.05) is 18.0 Å². The third-order valence-corrected chi connectivity index (χ3v) is 3.90. The molecule has 94 valence electrons. The van der Waals surface area contributed by atoms with Crippen LogP contribution in [0.5, 0.6) is 0 Å². The largest absolute Gasteiger partial charge is 0.310 e. The molecule has 0 aromatic carbocycles. The highest BCUT2D eigenvalue weighted by Crippen LogP contribution is 2.32. The number of nitrogens with one attached hydrogen (secondary N) is 1. The summed E-state index contributed by atoms with van der Waals surface area (Å²) in [7, 11) is 0. The Kier molecular flexibility index (Phi) is 3.79. The van der Waals surface area contributed by atoms with E-state index in [4.69, 9.17) is 0 Å². The standard InChI is InChI=1S/C14H22N2S/c1-10-7-11(8-15-12-5-6-12)9-16-13(10)17-14(2,3)4/h7,9,12,15H,5-6,8H2,1-4H3. The number of nitrogens with zero attached hydrogens (tertiary/aromatic N) is 1. The first-order valence-corrected chi connectivity index (χ1v) is 7.13. The average Bonchev–Trinajstić information content (AvgIpc) is 3.00. The fourth-order valence-electron chi connectivity index (χ4n) is 1.66. The fraction of sp³-hybridized carbons (Fsp3) is 0.643. The van der Waals surface area contributed by atoms with Crippen LogP contribution in [0, 0.1) is 6.92 Å². The van der Waals surface area contributed by atoms with Gasteiger partial charge < -0.3 is 5.32 Å². The number of hydrogen-bond acceptors (Lipinski definition) is 3. The van der Waals surface area contributed by atoms with Gasteiger partial charge in [-0.2, -0.15) is 0 Å². The van der Waals surface area contributed by atoms with Gasteiger partial charge in [0.2, 0.25) is 0 Å². The summed E-state index contributed by atoms with van der Waals surface area (Å²) < 4.78 is 0.228. The highest BCUT2D eigenvalue weighted by molar-refractivity contribution is 8.00. The van der Waals surface area contributed by atoms with Crippen molar-refractivity contribution < 1.29 is 0 Å². The maximum absolute atomic E-state index is 4.58. The maximum atomic E-state index is 4.58. The Balaban J connectivity index is 1.99. The molecule has 1 fully saturated rings. The molecule has 0 atom stereocenters. The third kappa shape index (κ3) is 4.32. The lowest BCUT2D eigenvalue weighted by molar-refractivity contribution is 0.683. The molecule has 1 N–H and O–H groups in total. The molecule has 0 unspecified atom stereocenters. The molecule has 0 bridgehead atoms. The van der Waals surface area contributed by atoms with Crippen LogP contribution in [0.25, 0.3) is 0 Å². The third-order valence-electron chi connectivity index (χ3n) is 2.66. The summed E-state index contributed by atoms with van der Waals surface area (Å²) in [5.41, 5.74) is 2.59. The van der Waals surface area contributed by atoms with Gasteiger partial charge in [0.15, 0.2) is 0 Å². The monoisotopic (exact) mass is 250 g/mol. The van der Waals surface area contributed by atoms with Crippen LogP contribution < -0.4 is 5.32 Å². The number of hydrogen-bond donors (Lipinski definition) is 1. The second-order valence-electron chi connectivity index (χ2n) is 5.84. The van der Waals surface area contributed by atoms with E-state index in [0.717, 1.165) is 17.6 Å². The lowest BCUT2D eigenvalue weighted by atomic mass is 10.2. The van der Waals surface area contributed by atoms with E-state index in [0.29, 0.717) is 0 Å². The number of rotatable bonds is 4. The number of pyridine rings is 1. The molecule has 17 heavy (non-hydrogen) atoms. The maximum Gasteiger partial charge on any atom is 0.0994 e. The summed E-state index contributed by atoms with van der Waals surface area (Å²) in [4.78, 5) is 4.58. The second-order valence-corrected chi connectivity index (χ2v) is 7.65. The Bertz CT molecular complexity index is 392. The summed E-state index contributed by atoms with van der Waals surface area (Å²) in [6, 6.07) is 3.02. The molecular weight excluding hydrogens is 228 g/mol. The zero-order chi connectivity index (χ0) is 12.5. The molecular formula is C14H22N2S. The molecule has 0 amide bonds. The topological polar surface area (TPSA) is 24.9 Å². The SMILES string of the molecule is Cc1cc(CNC2CC2)cnc1SC(C)(C)C. The normalized spacial score (nSPS) is 16.2. The molecule has 1 heterocycles. The Morgan fingerprint density at radius 3 is 2.65 bits per heavy atom. The van der Waals surface area contributed by atoms with Gasteiger partial charge in [0, 0.05) is 23.5 Å². The first kappa shape index (κ1) is 12.9. The second kappa shape index (κ2) is 4.99. The van der Waals surface area contributed by atoms with Crippen molar-refractivity contribution in [2.75, 3.05) is 0 Å². The van der Waals surface area contributed by atoms with Gasteiger partial charge in [0.1, 0.15) is 0 Å². The molecule has 1 saturated carbocycles. The highest BCUT2D eigenvalue weighted by atomic mass is 32.2. The van der Waals surface area contributed by atoms with Crippen LogP contribution in [-0.2, 0) is 6.54 Å². The molecule has 1 aliphatic rings. The van der Waals surface area contributed by atoms with E-state index in [1.165, 1.54) is 24.0 Å². The van der Waals surface area contributed by atoms with Crippen molar-refractivity contribution >= 4 is 11.8 Å². The lowest BCUT2D eigenvalue weighted by Crippen LogP contribution is -2.15. The first-order valence-electron chi connectivity index (χ1n) is 6.32. The van der Waals surface area contributed by atoms with E-state index in [-0.39, 0.29) is 4.75 Å². The number of aromatic nitrogens is 1. The van der Waals surface area contributed by atoms with Gasteiger partial charge in [0.25, 0.3) is 0 Å². The predicted molar refractivity (Wildman–Crippen MR) is 74.4 cm³/mol. The average molecular weight is 250 g/mol. The van der Waals surface area contributed by atoms with Crippen molar-refractivity contribution in [2.24, 2.45) is 0 Å². The van der Waals surface area contributed by atoms with Crippen molar-refractivity contribution in [2.45, 2.75) is 62.9 Å². The minimum atomic E-state index is 0.228. The molecule has 2 rings (SSSR count). The summed E-state index contributed by atoms with van der Waals surface area (Å²) in [6.07, 6.45) is 4.69. The van der Waals surface area contributed by atoms with Gasteiger partial charge in [0.05, 0.1) is 5.03 Å². The minimum Gasteiger partial charge on any atom is -0.310 e. The van der Waals surface area contributed by atoms with Gasteiger partial charge in [-0.1, -0.05) is 26.8 Å². The van der Waals surface area contributed by atoms with Crippen molar-refractivity contribution in [3.05, 3.63) is 23.4 Å². The molecule has 0 radical (unpaired) electrons. The molecule has 0 spiro atoms. The Morgan fingerprint density at radius 2 is 2.12 bits per heavy atom. The Hall–Kier alpha value is -0.540. The van der Waals surface area contributed by atoms with Gasteiger partial charge in [-0.25, -0.2) is 4.98 Å². The van der Waals surface area contributed by atoms with E-state index in [2.05, 4.69) is 44.1 Å². The summed E-state index contributed by atoms with van der Waals surface area (Å²) >= 11 is 1.84. The van der Waals surface area contributed by atoms with Gasteiger partial charge in [-0.15, -0.1) is 11.8 Å². The van der Waals surface area contributed by atoms with Crippen LogP contribution in [-0.4, -0.2) is 15.8 Å². The number of thioether (sulfide) groups is 1. The highest BCUT2D eigenvalue weighted by Gasteiger charge is 2.20. The van der Waals surface area contributed by atoms with Crippen molar-refractivity contribution in [1.29, 1.82) is 0 Å². The van der Waals surface area contributed by atoms with Gasteiger partial charge >= 0.3 is 0 Å². The van der Waals surface area contributed by atoms with Crippen LogP contribution >= 0.6 is 11.8 Å². The zero-order valence-electron chi connectivity index (χ0n) is 11.2. The van der Waals surface area contributed by atoms with Crippen LogP contribution in [0.4, 0.5) is 0 Å².